The topological polar surface area (TPSA) is 37.2 Å². The lowest BCUT2D eigenvalue weighted by Crippen LogP contribution is -1.97. The van der Waals surface area contributed by atoms with Crippen LogP contribution in [0.15, 0.2) is 24.4 Å². The van der Waals surface area contributed by atoms with Gasteiger partial charge in [-0.2, -0.15) is 0 Å². The standard InChI is InChI=1S/C14H14N2O/c1-3-4-5-14(17)12-9-16-13-7-6-10(15-2)8-11(12)13/h6-9,16H,3-5H2,1H3. The first-order valence-corrected chi connectivity index (χ1v) is 5.78. The Kier molecular flexibility index (Phi) is 3.24. The van der Waals surface area contributed by atoms with Crippen molar-refractivity contribution in [2.75, 3.05) is 0 Å². The molecule has 0 unspecified atom stereocenters. The van der Waals surface area contributed by atoms with Crippen LogP contribution in [-0.2, 0) is 0 Å². The summed E-state index contributed by atoms with van der Waals surface area (Å²) in [6.07, 6.45) is 4.25. The number of unbranched alkanes of at least 4 members (excludes halogenated alkanes) is 1. The summed E-state index contributed by atoms with van der Waals surface area (Å²) < 4.78 is 0. The molecule has 0 spiro atoms. The number of nitrogens with one attached hydrogen (secondary N) is 1. The second kappa shape index (κ2) is 4.84. The largest absolute Gasteiger partial charge is 0.361 e. The van der Waals surface area contributed by atoms with Gasteiger partial charge in [0.2, 0.25) is 0 Å². The van der Waals surface area contributed by atoms with Gasteiger partial charge in [-0.05, 0) is 23.9 Å². The Balaban J connectivity index is 2.41. The Morgan fingerprint density at radius 1 is 1.47 bits per heavy atom. The zero-order chi connectivity index (χ0) is 12.3. The molecule has 17 heavy (non-hydrogen) atoms. The van der Waals surface area contributed by atoms with E-state index in [0.29, 0.717) is 17.7 Å². The van der Waals surface area contributed by atoms with E-state index in [2.05, 4.69) is 16.8 Å². The van der Waals surface area contributed by atoms with E-state index in [-0.39, 0.29) is 5.78 Å². The molecule has 0 atom stereocenters. The Morgan fingerprint density at radius 3 is 3.00 bits per heavy atom. The number of hydrogen-bond donors (Lipinski definition) is 1. The van der Waals surface area contributed by atoms with Gasteiger partial charge in [0.1, 0.15) is 0 Å². The number of benzene rings is 1. The van der Waals surface area contributed by atoms with Crippen molar-refractivity contribution in [2.45, 2.75) is 26.2 Å². The summed E-state index contributed by atoms with van der Waals surface area (Å²) in [5, 5.41) is 0.861. The van der Waals surface area contributed by atoms with Crippen molar-refractivity contribution in [3.05, 3.63) is 41.4 Å². The predicted octanol–water partition coefficient (Wildman–Crippen LogP) is 4.09. The predicted molar refractivity (Wildman–Crippen MR) is 68.4 cm³/mol. The Bertz CT molecular complexity index is 590. The Hall–Kier alpha value is -2.08. The zero-order valence-electron chi connectivity index (χ0n) is 9.79. The third-order valence-electron chi connectivity index (χ3n) is 2.85. The molecule has 1 aromatic heterocycles. The number of carbonyl (C=O) groups is 1. The molecule has 0 aliphatic rings. The minimum atomic E-state index is 0.153. The quantitative estimate of drug-likeness (QED) is 0.618. The molecule has 1 aromatic carbocycles. The van der Waals surface area contributed by atoms with E-state index in [0.717, 1.165) is 23.7 Å². The lowest BCUT2D eigenvalue weighted by atomic mass is 10.0. The van der Waals surface area contributed by atoms with Crippen LogP contribution in [-0.4, -0.2) is 10.8 Å². The van der Waals surface area contributed by atoms with Gasteiger partial charge in [-0.3, -0.25) is 4.79 Å². The van der Waals surface area contributed by atoms with Gasteiger partial charge >= 0.3 is 0 Å². The summed E-state index contributed by atoms with van der Waals surface area (Å²) in [7, 11) is 0. The Labute approximate surface area is 100 Å². The van der Waals surface area contributed by atoms with Gasteiger partial charge < -0.3 is 4.98 Å². The fraction of sp³-hybridized carbons (Fsp3) is 0.286. The highest BCUT2D eigenvalue weighted by Gasteiger charge is 2.11. The van der Waals surface area contributed by atoms with Crippen LogP contribution in [0.3, 0.4) is 0 Å². The van der Waals surface area contributed by atoms with Crippen LogP contribution < -0.4 is 0 Å². The van der Waals surface area contributed by atoms with E-state index in [1.807, 2.05) is 6.07 Å². The molecule has 2 rings (SSSR count). The minimum absolute atomic E-state index is 0.153. The molecule has 0 fully saturated rings. The normalized spacial score (nSPS) is 10.4. The van der Waals surface area contributed by atoms with Crippen molar-refractivity contribution < 1.29 is 4.79 Å². The van der Waals surface area contributed by atoms with Crippen LogP contribution in [0.4, 0.5) is 5.69 Å². The zero-order valence-corrected chi connectivity index (χ0v) is 9.79. The molecule has 0 aliphatic heterocycles. The van der Waals surface area contributed by atoms with Crippen LogP contribution in [0.25, 0.3) is 15.7 Å². The van der Waals surface area contributed by atoms with Gasteiger partial charge in [0.05, 0.1) is 6.57 Å². The summed E-state index contributed by atoms with van der Waals surface area (Å²) in [6, 6.07) is 5.38. The monoisotopic (exact) mass is 226 g/mol. The number of carbonyl (C=O) groups excluding carboxylic acids is 1. The van der Waals surface area contributed by atoms with E-state index in [9.17, 15) is 4.79 Å². The number of hydrogen-bond acceptors (Lipinski definition) is 1. The molecule has 3 nitrogen and oxygen atoms in total. The molecule has 0 saturated carbocycles. The number of ketones is 1. The van der Waals surface area contributed by atoms with Crippen LogP contribution in [0.1, 0.15) is 36.5 Å². The second-order valence-corrected chi connectivity index (χ2v) is 4.07. The number of nitrogens with zero attached hydrogens (tertiary/aromatic N) is 1. The van der Waals surface area contributed by atoms with Crippen LogP contribution in [0.5, 0.6) is 0 Å². The molecular weight excluding hydrogens is 212 g/mol. The maximum Gasteiger partial charge on any atom is 0.188 e. The number of Topliss-reactive ketones (excluding diaryl/α,β-unsaturated/α-hetero) is 1. The fourth-order valence-corrected chi connectivity index (χ4v) is 1.88. The van der Waals surface area contributed by atoms with Crippen LogP contribution in [0.2, 0.25) is 0 Å². The molecule has 86 valence electrons. The Morgan fingerprint density at radius 2 is 2.29 bits per heavy atom. The number of rotatable bonds is 4. The van der Waals surface area contributed by atoms with E-state index in [1.165, 1.54) is 0 Å². The maximum absolute atomic E-state index is 12.0. The van der Waals surface area contributed by atoms with E-state index >= 15 is 0 Å². The smallest absolute Gasteiger partial charge is 0.188 e. The molecule has 0 aliphatic carbocycles. The molecule has 3 heteroatoms. The average molecular weight is 226 g/mol. The summed E-state index contributed by atoms with van der Waals surface area (Å²) in [6.45, 7) is 9.06. The fourth-order valence-electron chi connectivity index (χ4n) is 1.88. The molecule has 0 radical (unpaired) electrons. The maximum atomic E-state index is 12.0. The second-order valence-electron chi connectivity index (χ2n) is 4.07. The van der Waals surface area contributed by atoms with Crippen molar-refractivity contribution in [3.8, 4) is 0 Å². The number of fused-ring (bicyclic) bond motifs is 1. The summed E-state index contributed by atoms with van der Waals surface area (Å²) in [5.41, 5.74) is 2.19. The highest BCUT2D eigenvalue weighted by Crippen LogP contribution is 2.25. The van der Waals surface area contributed by atoms with E-state index in [1.54, 1.807) is 18.3 Å². The number of aromatic amines is 1. The molecule has 0 amide bonds. The van der Waals surface area contributed by atoms with Crippen LogP contribution >= 0.6 is 0 Å². The van der Waals surface area contributed by atoms with Gasteiger partial charge in [-0.25, -0.2) is 4.85 Å². The lowest BCUT2D eigenvalue weighted by Gasteiger charge is -1.98. The highest BCUT2D eigenvalue weighted by molar-refractivity contribution is 6.08. The van der Waals surface area contributed by atoms with E-state index in [4.69, 9.17) is 6.57 Å². The summed E-state index contributed by atoms with van der Waals surface area (Å²) in [5.74, 6) is 0.153. The van der Waals surface area contributed by atoms with Gasteiger partial charge in [-0.1, -0.05) is 19.4 Å². The molecule has 0 bridgehead atoms. The van der Waals surface area contributed by atoms with Crippen LogP contribution in [0, 0.1) is 6.57 Å². The van der Waals surface area contributed by atoms with Crippen molar-refractivity contribution in [3.63, 3.8) is 0 Å². The van der Waals surface area contributed by atoms with Crippen molar-refractivity contribution in [1.82, 2.24) is 4.98 Å². The molecule has 2 aromatic rings. The van der Waals surface area contributed by atoms with Crippen molar-refractivity contribution >= 4 is 22.4 Å². The number of H-pyrrole nitrogens is 1. The average Bonchev–Trinajstić information content (AvgIpc) is 2.78. The van der Waals surface area contributed by atoms with Crippen molar-refractivity contribution in [2.24, 2.45) is 0 Å². The summed E-state index contributed by atoms with van der Waals surface area (Å²) in [4.78, 5) is 18.4. The lowest BCUT2D eigenvalue weighted by molar-refractivity contribution is 0.0981. The molecule has 1 heterocycles. The third-order valence-corrected chi connectivity index (χ3v) is 2.85. The number of aromatic nitrogens is 1. The van der Waals surface area contributed by atoms with Gasteiger partial charge in [0.25, 0.3) is 0 Å². The third kappa shape index (κ3) is 2.21. The SMILES string of the molecule is [C-]#[N+]c1ccc2[nH]cc(C(=O)CCCC)c2c1. The molecule has 1 N–H and O–H groups in total. The first-order chi connectivity index (χ1) is 8.26. The van der Waals surface area contributed by atoms with Gasteiger partial charge in [0, 0.05) is 23.7 Å². The molecule has 0 saturated heterocycles. The highest BCUT2D eigenvalue weighted by atomic mass is 16.1. The van der Waals surface area contributed by atoms with Gasteiger partial charge in [-0.15, -0.1) is 0 Å². The van der Waals surface area contributed by atoms with Gasteiger partial charge in [0.15, 0.2) is 11.5 Å². The van der Waals surface area contributed by atoms with Crippen molar-refractivity contribution in [1.29, 1.82) is 0 Å². The van der Waals surface area contributed by atoms with E-state index < -0.39 is 0 Å². The molecular formula is C14H14N2O. The minimum Gasteiger partial charge on any atom is -0.361 e. The first kappa shape index (κ1) is 11.4. The summed E-state index contributed by atoms with van der Waals surface area (Å²) >= 11 is 0. The first-order valence-electron chi connectivity index (χ1n) is 5.78.